The third-order valence-corrected chi connectivity index (χ3v) is 6.45. The first-order valence-corrected chi connectivity index (χ1v) is 8.67. The van der Waals surface area contributed by atoms with Crippen LogP contribution in [0.1, 0.15) is 0 Å². The Labute approximate surface area is 128 Å². The Morgan fingerprint density at radius 1 is 0.895 bits per heavy atom. The summed E-state index contributed by atoms with van der Waals surface area (Å²) in [6, 6.07) is 12.4. The second-order valence-electron chi connectivity index (χ2n) is 4.10. The quantitative estimate of drug-likeness (QED) is 0.399. The highest BCUT2D eigenvalue weighted by Gasteiger charge is 2.26. The van der Waals surface area contributed by atoms with Gasteiger partial charge in [-0.3, -0.25) is 0 Å². The average Bonchev–Trinajstić information content (AvgIpc) is 3.03. The van der Waals surface area contributed by atoms with Gasteiger partial charge in [-0.25, -0.2) is 0 Å². The van der Waals surface area contributed by atoms with Gasteiger partial charge in [0.15, 0.2) is 0 Å². The van der Waals surface area contributed by atoms with Crippen LogP contribution in [0.15, 0.2) is 55.6 Å². The van der Waals surface area contributed by atoms with Crippen molar-refractivity contribution in [3.05, 3.63) is 52.2 Å². The second-order valence-corrected chi connectivity index (χ2v) is 7.91. The fraction of sp³-hybridized carbons (Fsp3) is 0. The summed E-state index contributed by atoms with van der Waals surface area (Å²) in [6.45, 7) is 0. The lowest BCUT2D eigenvalue weighted by Gasteiger charge is -2.28. The van der Waals surface area contributed by atoms with Gasteiger partial charge in [-0.05, 0) is 41.1 Å². The molecule has 5 heteroatoms. The molecule has 0 bridgehead atoms. The van der Waals surface area contributed by atoms with Crippen LogP contribution in [0.3, 0.4) is 0 Å². The second kappa shape index (κ2) is 4.56. The zero-order valence-electron chi connectivity index (χ0n) is 9.67. The van der Waals surface area contributed by atoms with E-state index in [4.69, 9.17) is 11.6 Å². The zero-order valence-corrected chi connectivity index (χ0v) is 12.9. The van der Waals surface area contributed by atoms with Crippen molar-refractivity contribution in [1.29, 1.82) is 0 Å². The van der Waals surface area contributed by atoms with Crippen LogP contribution in [0.2, 0.25) is 5.02 Å². The van der Waals surface area contributed by atoms with Crippen molar-refractivity contribution in [2.45, 2.75) is 8.42 Å². The van der Waals surface area contributed by atoms with E-state index in [9.17, 15) is 0 Å². The minimum absolute atomic E-state index is 0.768. The first-order chi connectivity index (χ1) is 9.33. The Bertz CT molecular complexity index is 706. The van der Waals surface area contributed by atoms with E-state index in [1.54, 1.807) is 22.7 Å². The van der Waals surface area contributed by atoms with E-state index in [-0.39, 0.29) is 0 Å². The molecule has 0 saturated heterocycles. The number of fused-ring (bicyclic) bond motifs is 2. The SMILES string of the molecule is Clc1cccc(N2c3ccsc3Sc3sccc32)c1. The van der Waals surface area contributed by atoms with E-state index in [0.717, 1.165) is 10.7 Å². The van der Waals surface area contributed by atoms with Gasteiger partial charge in [0.05, 0.1) is 19.8 Å². The van der Waals surface area contributed by atoms with E-state index in [1.807, 2.05) is 30.0 Å². The van der Waals surface area contributed by atoms with E-state index in [0.29, 0.717) is 0 Å². The third-order valence-electron chi connectivity index (χ3n) is 2.95. The topological polar surface area (TPSA) is 3.24 Å². The average molecular weight is 322 g/mol. The van der Waals surface area contributed by atoms with Crippen LogP contribution in [0.25, 0.3) is 0 Å². The third kappa shape index (κ3) is 1.91. The fourth-order valence-electron chi connectivity index (χ4n) is 2.17. The molecule has 19 heavy (non-hydrogen) atoms. The van der Waals surface area contributed by atoms with E-state index in [2.05, 4.69) is 33.9 Å². The molecule has 0 N–H and O–H groups in total. The van der Waals surface area contributed by atoms with Crippen LogP contribution < -0.4 is 4.90 Å². The number of thiophene rings is 2. The predicted molar refractivity (Wildman–Crippen MR) is 86.0 cm³/mol. The summed E-state index contributed by atoms with van der Waals surface area (Å²) < 4.78 is 2.69. The van der Waals surface area contributed by atoms with Crippen molar-refractivity contribution in [1.82, 2.24) is 0 Å². The van der Waals surface area contributed by atoms with Crippen molar-refractivity contribution < 1.29 is 0 Å². The Balaban J connectivity index is 1.95. The van der Waals surface area contributed by atoms with Crippen LogP contribution in [-0.2, 0) is 0 Å². The molecular weight excluding hydrogens is 314 g/mol. The van der Waals surface area contributed by atoms with Crippen LogP contribution in [-0.4, -0.2) is 0 Å². The minimum Gasteiger partial charge on any atom is -0.306 e. The molecule has 0 radical (unpaired) electrons. The maximum Gasteiger partial charge on any atom is 0.0896 e. The van der Waals surface area contributed by atoms with E-state index >= 15 is 0 Å². The van der Waals surface area contributed by atoms with Gasteiger partial charge < -0.3 is 4.90 Å². The first kappa shape index (κ1) is 11.9. The molecule has 3 heterocycles. The summed E-state index contributed by atoms with van der Waals surface area (Å²) in [5.74, 6) is 0. The normalized spacial score (nSPS) is 13.2. The molecule has 3 aromatic rings. The molecule has 94 valence electrons. The molecule has 0 spiro atoms. The Hall–Kier alpha value is -0.940. The summed E-state index contributed by atoms with van der Waals surface area (Å²) in [7, 11) is 0. The molecule has 4 rings (SSSR count). The smallest absolute Gasteiger partial charge is 0.0896 e. The van der Waals surface area contributed by atoms with Crippen LogP contribution in [0.4, 0.5) is 17.1 Å². The number of hydrogen-bond donors (Lipinski definition) is 0. The standard InChI is InChI=1S/C14H8ClNS3/c15-9-2-1-3-10(8-9)16-11-4-6-17-13(11)19-14-12(16)5-7-18-14/h1-8H. The Morgan fingerprint density at radius 3 is 2.21 bits per heavy atom. The largest absolute Gasteiger partial charge is 0.306 e. The van der Waals surface area contributed by atoms with Gasteiger partial charge in [-0.2, -0.15) is 0 Å². The van der Waals surface area contributed by atoms with Gasteiger partial charge in [0.25, 0.3) is 0 Å². The van der Waals surface area contributed by atoms with Crippen LogP contribution >= 0.6 is 46.0 Å². The number of anilines is 3. The van der Waals surface area contributed by atoms with Gasteiger partial charge in [0, 0.05) is 10.7 Å². The van der Waals surface area contributed by atoms with Gasteiger partial charge in [0.2, 0.25) is 0 Å². The lowest BCUT2D eigenvalue weighted by atomic mass is 10.2. The molecule has 2 aromatic heterocycles. The fourth-order valence-corrected chi connectivity index (χ4v) is 5.63. The molecule has 1 aliphatic heterocycles. The molecule has 0 aliphatic carbocycles. The highest BCUT2D eigenvalue weighted by atomic mass is 35.5. The predicted octanol–water partition coefficient (Wildman–Crippen LogP) is 6.40. The van der Waals surface area contributed by atoms with Crippen molar-refractivity contribution in [3.63, 3.8) is 0 Å². The van der Waals surface area contributed by atoms with Gasteiger partial charge >= 0.3 is 0 Å². The molecule has 0 saturated carbocycles. The first-order valence-electron chi connectivity index (χ1n) is 5.71. The number of rotatable bonds is 1. The number of benzene rings is 1. The molecule has 1 nitrogen and oxygen atoms in total. The Kier molecular flexibility index (Phi) is 2.84. The zero-order chi connectivity index (χ0) is 12.8. The summed E-state index contributed by atoms with van der Waals surface area (Å²) in [4.78, 5) is 2.29. The van der Waals surface area contributed by atoms with Crippen molar-refractivity contribution in [2.75, 3.05) is 4.90 Å². The van der Waals surface area contributed by atoms with Gasteiger partial charge in [-0.15, -0.1) is 22.7 Å². The summed E-state index contributed by atoms with van der Waals surface area (Å²) in [5.41, 5.74) is 3.62. The van der Waals surface area contributed by atoms with Crippen molar-refractivity contribution >= 4 is 63.1 Å². The lowest BCUT2D eigenvalue weighted by molar-refractivity contribution is 1.23. The number of halogens is 1. The molecule has 0 atom stereocenters. The van der Waals surface area contributed by atoms with Crippen molar-refractivity contribution in [3.8, 4) is 0 Å². The summed E-state index contributed by atoms with van der Waals surface area (Å²) in [5, 5.41) is 5.06. The molecule has 0 fully saturated rings. The van der Waals surface area contributed by atoms with E-state index < -0.39 is 0 Å². The maximum absolute atomic E-state index is 6.14. The number of hydrogen-bond acceptors (Lipinski definition) is 4. The van der Waals surface area contributed by atoms with E-state index in [1.165, 1.54) is 19.8 Å². The molecule has 0 unspecified atom stereocenters. The molecule has 0 amide bonds. The van der Waals surface area contributed by atoms with Crippen molar-refractivity contribution in [2.24, 2.45) is 0 Å². The number of nitrogens with zero attached hydrogens (tertiary/aromatic N) is 1. The minimum atomic E-state index is 0.768. The van der Waals surface area contributed by atoms with Crippen LogP contribution in [0.5, 0.6) is 0 Å². The molecular formula is C14H8ClNS3. The highest BCUT2D eigenvalue weighted by Crippen LogP contribution is 2.55. The van der Waals surface area contributed by atoms with Gasteiger partial charge in [-0.1, -0.05) is 29.4 Å². The Morgan fingerprint density at radius 2 is 1.58 bits per heavy atom. The van der Waals surface area contributed by atoms with Crippen LogP contribution in [0, 0.1) is 0 Å². The maximum atomic E-state index is 6.14. The summed E-state index contributed by atoms with van der Waals surface area (Å²) in [6.07, 6.45) is 0. The monoisotopic (exact) mass is 321 g/mol. The van der Waals surface area contributed by atoms with Gasteiger partial charge in [0.1, 0.15) is 0 Å². The lowest BCUT2D eigenvalue weighted by Crippen LogP contribution is -2.11. The molecule has 1 aromatic carbocycles. The summed E-state index contributed by atoms with van der Waals surface area (Å²) >= 11 is 11.6. The molecule has 1 aliphatic rings. The highest BCUT2D eigenvalue weighted by molar-refractivity contribution is 8.03.